The van der Waals surface area contributed by atoms with Crippen LogP contribution in [0.2, 0.25) is 4.34 Å². The van der Waals surface area contributed by atoms with Crippen molar-refractivity contribution in [3.8, 4) is 17.0 Å². The first-order valence-electron chi connectivity index (χ1n) is 14.5. The van der Waals surface area contributed by atoms with Crippen LogP contribution in [-0.2, 0) is 38.1 Å². The van der Waals surface area contributed by atoms with Gasteiger partial charge in [-0.3, -0.25) is 14.3 Å². The number of benzene rings is 1. The first kappa shape index (κ1) is 33.7. The molecule has 1 saturated heterocycles. The fourth-order valence-electron chi connectivity index (χ4n) is 5.44. The van der Waals surface area contributed by atoms with Gasteiger partial charge < -0.3 is 14.4 Å². The molecule has 8 nitrogen and oxygen atoms in total. The van der Waals surface area contributed by atoms with Crippen molar-refractivity contribution >= 4 is 57.4 Å². The third kappa shape index (κ3) is 7.39. The SMILES string of the molecule is COC(=O)Cc1nn(CC(=O)N2CCC(c3nc(-c4cc(C(C)(C)C)c(OC)c(C(C)(C)C)c4)c(Cl)s3)CC2)c(C)c1I. The van der Waals surface area contributed by atoms with Gasteiger partial charge in [0.05, 0.1) is 34.9 Å². The average Bonchev–Trinajstić information content (AvgIpc) is 3.46. The zero-order valence-corrected chi connectivity index (χ0v) is 30.3. The largest absolute Gasteiger partial charge is 0.496 e. The van der Waals surface area contributed by atoms with Gasteiger partial charge in [-0.15, -0.1) is 11.3 Å². The Hall–Kier alpha value is -2.18. The molecule has 0 N–H and O–H groups in total. The van der Waals surface area contributed by atoms with Gasteiger partial charge in [0, 0.05) is 41.4 Å². The Morgan fingerprint density at radius 3 is 2.16 bits per heavy atom. The van der Waals surface area contributed by atoms with Crippen LogP contribution < -0.4 is 4.74 Å². The maximum atomic E-state index is 13.2. The molecule has 0 saturated carbocycles. The number of halogens is 2. The zero-order chi connectivity index (χ0) is 31.9. The summed E-state index contributed by atoms with van der Waals surface area (Å²) < 4.78 is 14.0. The van der Waals surface area contributed by atoms with E-state index in [9.17, 15) is 9.59 Å². The molecule has 234 valence electrons. The summed E-state index contributed by atoms with van der Waals surface area (Å²) in [6.07, 6.45) is 1.73. The topological polar surface area (TPSA) is 86.5 Å². The Balaban J connectivity index is 1.50. The summed E-state index contributed by atoms with van der Waals surface area (Å²) in [6.45, 7) is 16.5. The van der Waals surface area contributed by atoms with Crippen molar-refractivity contribution in [1.29, 1.82) is 0 Å². The second-order valence-electron chi connectivity index (χ2n) is 13.2. The molecule has 3 aromatic rings. The van der Waals surface area contributed by atoms with E-state index in [-0.39, 0.29) is 41.6 Å². The third-order valence-corrected chi connectivity index (χ3v) is 10.8. The molecule has 1 aliphatic rings. The van der Waals surface area contributed by atoms with Crippen molar-refractivity contribution < 1.29 is 19.1 Å². The van der Waals surface area contributed by atoms with Crippen molar-refractivity contribution in [2.45, 2.75) is 91.0 Å². The van der Waals surface area contributed by atoms with Gasteiger partial charge in [-0.25, -0.2) is 4.98 Å². The minimum Gasteiger partial charge on any atom is -0.496 e. The minimum atomic E-state index is -0.349. The number of ether oxygens (including phenoxy) is 2. The Labute approximate surface area is 277 Å². The number of nitrogens with zero attached hydrogens (tertiary/aromatic N) is 4. The van der Waals surface area contributed by atoms with E-state index in [2.05, 4.69) is 81.4 Å². The van der Waals surface area contributed by atoms with Gasteiger partial charge in [0.15, 0.2) is 0 Å². The number of carbonyl (C=O) groups excluding carboxylic acids is 2. The summed E-state index contributed by atoms with van der Waals surface area (Å²) in [7, 11) is 3.10. The predicted molar refractivity (Wildman–Crippen MR) is 180 cm³/mol. The van der Waals surface area contributed by atoms with Crippen LogP contribution in [0.25, 0.3) is 11.3 Å². The highest BCUT2D eigenvalue weighted by Gasteiger charge is 2.31. The zero-order valence-electron chi connectivity index (χ0n) is 26.6. The molecule has 0 radical (unpaired) electrons. The second-order valence-corrected chi connectivity index (χ2v) is 15.9. The van der Waals surface area contributed by atoms with E-state index in [1.54, 1.807) is 23.1 Å². The van der Waals surface area contributed by atoms with Crippen molar-refractivity contribution in [2.24, 2.45) is 0 Å². The molecule has 3 heterocycles. The fraction of sp³-hybridized carbons (Fsp3) is 0.562. The summed E-state index contributed by atoms with van der Waals surface area (Å²) >= 11 is 10.6. The van der Waals surface area contributed by atoms with Crippen LogP contribution in [0.15, 0.2) is 12.1 Å². The van der Waals surface area contributed by atoms with Gasteiger partial charge in [0.25, 0.3) is 0 Å². The summed E-state index contributed by atoms with van der Waals surface area (Å²) in [5.74, 6) is 0.831. The summed E-state index contributed by atoms with van der Waals surface area (Å²) in [5, 5.41) is 5.54. The molecule has 1 aliphatic heterocycles. The molecule has 1 fully saturated rings. The van der Waals surface area contributed by atoms with Gasteiger partial charge in [-0.1, -0.05) is 53.1 Å². The average molecular weight is 741 g/mol. The van der Waals surface area contributed by atoms with E-state index in [4.69, 9.17) is 26.1 Å². The molecule has 0 unspecified atom stereocenters. The number of hydrogen-bond donors (Lipinski definition) is 0. The highest BCUT2D eigenvalue weighted by molar-refractivity contribution is 14.1. The van der Waals surface area contributed by atoms with Crippen LogP contribution in [0.5, 0.6) is 5.75 Å². The smallest absolute Gasteiger partial charge is 0.311 e. The van der Waals surface area contributed by atoms with Crippen LogP contribution in [-0.4, -0.2) is 58.8 Å². The lowest BCUT2D eigenvalue weighted by atomic mass is 9.78. The minimum absolute atomic E-state index is 0.0191. The van der Waals surface area contributed by atoms with Crippen LogP contribution in [0.4, 0.5) is 0 Å². The molecular weight excluding hydrogens is 699 g/mol. The molecule has 4 rings (SSSR count). The maximum absolute atomic E-state index is 13.2. The van der Waals surface area contributed by atoms with Crippen molar-refractivity contribution in [3.05, 3.63) is 47.6 Å². The summed E-state index contributed by atoms with van der Waals surface area (Å²) in [4.78, 5) is 31.9. The number of likely N-dealkylation sites (tertiary alicyclic amines) is 1. The second kappa shape index (κ2) is 13.0. The van der Waals surface area contributed by atoms with E-state index in [1.807, 2.05) is 11.8 Å². The molecule has 11 heteroatoms. The quantitative estimate of drug-likeness (QED) is 0.187. The van der Waals surface area contributed by atoms with Gasteiger partial charge in [-0.2, -0.15) is 5.10 Å². The third-order valence-electron chi connectivity index (χ3n) is 8.01. The van der Waals surface area contributed by atoms with Crippen molar-refractivity contribution in [2.75, 3.05) is 27.3 Å². The molecule has 1 amide bonds. The Kier molecular flexibility index (Phi) is 10.2. The van der Waals surface area contributed by atoms with E-state index in [1.165, 1.54) is 7.11 Å². The molecule has 0 aliphatic carbocycles. The van der Waals surface area contributed by atoms with Crippen LogP contribution in [0, 0.1) is 10.5 Å². The molecule has 2 aromatic heterocycles. The first-order chi connectivity index (χ1) is 20.0. The van der Waals surface area contributed by atoms with E-state index in [0.29, 0.717) is 23.1 Å². The normalized spacial score (nSPS) is 14.7. The van der Waals surface area contributed by atoms with Crippen LogP contribution in [0.1, 0.15) is 87.8 Å². The number of aromatic nitrogens is 3. The van der Waals surface area contributed by atoms with Crippen molar-refractivity contribution in [3.63, 3.8) is 0 Å². The first-order valence-corrected chi connectivity index (χ1v) is 16.8. The van der Waals surface area contributed by atoms with Crippen LogP contribution >= 0.6 is 45.5 Å². The molecule has 0 bridgehead atoms. The molecule has 1 aromatic carbocycles. The number of rotatable bonds is 7. The Bertz CT molecular complexity index is 1480. The molecule has 0 atom stereocenters. The van der Waals surface area contributed by atoms with Gasteiger partial charge >= 0.3 is 5.97 Å². The van der Waals surface area contributed by atoms with Gasteiger partial charge in [0.1, 0.15) is 22.3 Å². The number of amides is 1. The number of thiazole rings is 1. The Morgan fingerprint density at radius 1 is 1.07 bits per heavy atom. The number of carbonyl (C=O) groups is 2. The van der Waals surface area contributed by atoms with E-state index >= 15 is 0 Å². The monoisotopic (exact) mass is 740 g/mol. The lowest BCUT2D eigenvalue weighted by molar-refractivity contribution is -0.139. The van der Waals surface area contributed by atoms with Gasteiger partial charge in [0.2, 0.25) is 5.91 Å². The summed E-state index contributed by atoms with van der Waals surface area (Å²) in [6, 6.07) is 4.35. The highest BCUT2D eigenvalue weighted by Crippen LogP contribution is 2.45. The number of esters is 1. The Morgan fingerprint density at radius 2 is 1.65 bits per heavy atom. The number of methoxy groups -OCH3 is 2. The predicted octanol–water partition coefficient (Wildman–Crippen LogP) is 7.30. The highest BCUT2D eigenvalue weighted by atomic mass is 127. The molecule has 0 spiro atoms. The maximum Gasteiger partial charge on any atom is 0.311 e. The lowest BCUT2D eigenvalue weighted by Crippen LogP contribution is -2.40. The number of piperidine rings is 1. The molecule has 43 heavy (non-hydrogen) atoms. The van der Waals surface area contributed by atoms with E-state index in [0.717, 1.165) is 55.2 Å². The van der Waals surface area contributed by atoms with Gasteiger partial charge in [-0.05, 0) is 65.3 Å². The van der Waals surface area contributed by atoms with E-state index < -0.39 is 0 Å². The number of hydrogen-bond acceptors (Lipinski definition) is 7. The molecular formula is C32H42ClIN4O4S. The lowest BCUT2D eigenvalue weighted by Gasteiger charge is -2.31. The standard InChI is InChI=1S/C32H42ClIN4O4S/c1-18-26(34)23(16-25(40)41-8)36-38(18)17-24(39)37-12-10-19(11-13-37)30-35-27(29(33)43-30)20-14-21(31(2,3)4)28(42-9)22(15-20)32(5,6)7/h14-15,19H,10-13,16-17H2,1-9H3. The fourth-order valence-corrected chi connectivity index (χ4v) is 7.38. The summed E-state index contributed by atoms with van der Waals surface area (Å²) in [5.41, 5.74) is 5.34. The van der Waals surface area contributed by atoms with Crippen molar-refractivity contribution in [1.82, 2.24) is 19.7 Å². The van der Waals surface area contributed by atoms with Crippen LogP contribution in [0.3, 0.4) is 0 Å².